The molecule has 0 saturated heterocycles. The zero-order valence-electron chi connectivity index (χ0n) is 10.5. The van der Waals surface area contributed by atoms with Crippen molar-refractivity contribution in [3.05, 3.63) is 34.9 Å². The van der Waals surface area contributed by atoms with E-state index in [0.717, 1.165) is 48.6 Å². The molecular formula is C15H21ClO. The van der Waals surface area contributed by atoms with Crippen LogP contribution in [0.25, 0.3) is 0 Å². The normalized spacial score (nSPS) is 29.9. The van der Waals surface area contributed by atoms with Crippen LogP contribution in [0, 0.1) is 5.92 Å². The van der Waals surface area contributed by atoms with Crippen molar-refractivity contribution in [2.45, 2.75) is 51.0 Å². The van der Waals surface area contributed by atoms with E-state index >= 15 is 0 Å². The van der Waals surface area contributed by atoms with Gasteiger partial charge >= 0.3 is 0 Å². The van der Waals surface area contributed by atoms with E-state index in [2.05, 4.69) is 13.0 Å². The molecule has 0 heterocycles. The third kappa shape index (κ3) is 3.72. The molecule has 1 aromatic carbocycles. The highest BCUT2D eigenvalue weighted by atomic mass is 35.5. The molecule has 17 heavy (non-hydrogen) atoms. The minimum absolute atomic E-state index is 0.518. The predicted molar refractivity (Wildman–Crippen MR) is 72.4 cm³/mol. The molecule has 1 aromatic rings. The zero-order valence-corrected chi connectivity index (χ0v) is 11.2. The lowest BCUT2D eigenvalue weighted by Gasteiger charge is -2.27. The molecule has 1 fully saturated rings. The van der Waals surface area contributed by atoms with Gasteiger partial charge < -0.3 is 5.11 Å². The highest BCUT2D eigenvalue weighted by Gasteiger charge is 2.29. The van der Waals surface area contributed by atoms with Crippen LogP contribution < -0.4 is 0 Å². The number of aliphatic hydroxyl groups is 1. The monoisotopic (exact) mass is 252 g/mol. The van der Waals surface area contributed by atoms with Crippen LogP contribution in [0.15, 0.2) is 24.3 Å². The average molecular weight is 253 g/mol. The average Bonchev–Trinajstić information content (AvgIpc) is 2.41. The Morgan fingerprint density at radius 2 is 2.18 bits per heavy atom. The molecule has 1 nitrogen and oxygen atoms in total. The van der Waals surface area contributed by atoms with Crippen LogP contribution in [0.1, 0.15) is 44.6 Å². The van der Waals surface area contributed by atoms with Gasteiger partial charge in [0.05, 0.1) is 5.60 Å². The molecule has 94 valence electrons. The second-order valence-electron chi connectivity index (χ2n) is 5.57. The Morgan fingerprint density at radius 3 is 2.94 bits per heavy atom. The Labute approximate surface area is 109 Å². The minimum atomic E-state index is -0.518. The van der Waals surface area contributed by atoms with Crippen molar-refractivity contribution >= 4 is 11.6 Å². The van der Waals surface area contributed by atoms with Crippen LogP contribution in [-0.4, -0.2) is 10.7 Å². The van der Waals surface area contributed by atoms with Crippen molar-refractivity contribution in [1.82, 2.24) is 0 Å². The van der Waals surface area contributed by atoms with Gasteiger partial charge in [0.25, 0.3) is 0 Å². The first kappa shape index (κ1) is 12.9. The van der Waals surface area contributed by atoms with Crippen LogP contribution >= 0.6 is 11.6 Å². The van der Waals surface area contributed by atoms with Gasteiger partial charge in [0, 0.05) is 11.4 Å². The fourth-order valence-corrected chi connectivity index (χ4v) is 2.98. The molecule has 1 saturated carbocycles. The third-order valence-electron chi connectivity index (χ3n) is 3.86. The van der Waals surface area contributed by atoms with Gasteiger partial charge in [-0.15, -0.1) is 0 Å². The Kier molecular flexibility index (Phi) is 4.11. The van der Waals surface area contributed by atoms with Crippen molar-refractivity contribution < 1.29 is 5.11 Å². The van der Waals surface area contributed by atoms with Crippen LogP contribution in [0.5, 0.6) is 0 Å². The molecule has 0 aromatic heterocycles. The van der Waals surface area contributed by atoms with Crippen LogP contribution in [0.4, 0.5) is 0 Å². The summed E-state index contributed by atoms with van der Waals surface area (Å²) in [5.74, 6) is 0.753. The summed E-state index contributed by atoms with van der Waals surface area (Å²) in [4.78, 5) is 0. The standard InChI is InChI=1S/C15H21ClO/c1-12-4-3-8-15(17,9-7-12)11-13-5-2-6-14(16)10-13/h2,5-6,10,12,17H,3-4,7-9,11H2,1H3. The van der Waals surface area contributed by atoms with E-state index in [0.29, 0.717) is 0 Å². The second-order valence-corrected chi connectivity index (χ2v) is 6.00. The number of hydrogen-bond donors (Lipinski definition) is 1. The Hall–Kier alpha value is -0.530. The third-order valence-corrected chi connectivity index (χ3v) is 4.10. The van der Waals surface area contributed by atoms with E-state index in [-0.39, 0.29) is 0 Å². The smallest absolute Gasteiger partial charge is 0.0688 e. The summed E-state index contributed by atoms with van der Waals surface area (Å²) in [5, 5.41) is 11.4. The summed E-state index contributed by atoms with van der Waals surface area (Å²) in [5.41, 5.74) is 0.629. The van der Waals surface area contributed by atoms with Gasteiger partial charge in [-0.25, -0.2) is 0 Å². The predicted octanol–water partition coefficient (Wildman–Crippen LogP) is 4.21. The zero-order chi connectivity index (χ0) is 12.3. The van der Waals surface area contributed by atoms with Crippen molar-refractivity contribution in [1.29, 1.82) is 0 Å². The lowest BCUT2D eigenvalue weighted by molar-refractivity contribution is 0.0244. The number of hydrogen-bond acceptors (Lipinski definition) is 1. The molecule has 2 rings (SSSR count). The van der Waals surface area contributed by atoms with E-state index in [4.69, 9.17) is 11.6 Å². The Bertz CT molecular complexity index is 377. The first-order chi connectivity index (χ1) is 8.07. The summed E-state index contributed by atoms with van der Waals surface area (Å²) in [7, 11) is 0. The molecule has 0 bridgehead atoms. The van der Waals surface area contributed by atoms with E-state index in [1.165, 1.54) is 6.42 Å². The summed E-state index contributed by atoms with van der Waals surface area (Å²) in [6, 6.07) is 7.86. The number of benzene rings is 1. The molecule has 0 spiro atoms. The maximum atomic E-state index is 10.7. The van der Waals surface area contributed by atoms with E-state index in [9.17, 15) is 5.11 Å². The lowest BCUT2D eigenvalue weighted by Crippen LogP contribution is -2.30. The Morgan fingerprint density at radius 1 is 1.35 bits per heavy atom. The van der Waals surface area contributed by atoms with Crippen LogP contribution in [-0.2, 0) is 6.42 Å². The molecule has 1 aliphatic carbocycles. The van der Waals surface area contributed by atoms with Gasteiger partial charge in [0.15, 0.2) is 0 Å². The fraction of sp³-hybridized carbons (Fsp3) is 0.600. The number of halogens is 1. The molecule has 2 atom stereocenters. The second kappa shape index (κ2) is 5.41. The summed E-state index contributed by atoms with van der Waals surface area (Å²) in [6.07, 6.45) is 6.10. The highest BCUT2D eigenvalue weighted by Crippen LogP contribution is 2.33. The van der Waals surface area contributed by atoms with Gasteiger partial charge in [-0.1, -0.05) is 43.5 Å². The fourth-order valence-electron chi connectivity index (χ4n) is 2.77. The van der Waals surface area contributed by atoms with Crippen LogP contribution in [0.2, 0.25) is 5.02 Å². The Balaban J connectivity index is 2.06. The molecule has 1 N–H and O–H groups in total. The maximum absolute atomic E-state index is 10.7. The van der Waals surface area contributed by atoms with Crippen molar-refractivity contribution in [3.8, 4) is 0 Å². The van der Waals surface area contributed by atoms with Crippen molar-refractivity contribution in [3.63, 3.8) is 0 Å². The molecule has 1 aliphatic rings. The molecule has 2 unspecified atom stereocenters. The first-order valence-corrected chi connectivity index (χ1v) is 6.92. The first-order valence-electron chi connectivity index (χ1n) is 6.54. The summed E-state index contributed by atoms with van der Waals surface area (Å²) >= 11 is 5.98. The molecule has 2 heteroatoms. The largest absolute Gasteiger partial charge is 0.390 e. The van der Waals surface area contributed by atoms with E-state index in [1.807, 2.05) is 18.2 Å². The van der Waals surface area contributed by atoms with Crippen molar-refractivity contribution in [2.24, 2.45) is 5.92 Å². The maximum Gasteiger partial charge on any atom is 0.0688 e. The van der Waals surface area contributed by atoms with Gasteiger partial charge in [-0.05, 0) is 42.9 Å². The lowest BCUT2D eigenvalue weighted by atomic mass is 9.87. The topological polar surface area (TPSA) is 20.2 Å². The molecule has 0 aliphatic heterocycles. The summed E-state index contributed by atoms with van der Waals surface area (Å²) < 4.78 is 0. The van der Waals surface area contributed by atoms with Gasteiger partial charge in [0.1, 0.15) is 0 Å². The van der Waals surface area contributed by atoms with E-state index in [1.54, 1.807) is 0 Å². The SMILES string of the molecule is CC1CCCC(O)(Cc2cccc(Cl)c2)CC1. The minimum Gasteiger partial charge on any atom is -0.390 e. The molecular weight excluding hydrogens is 232 g/mol. The van der Waals surface area contributed by atoms with E-state index < -0.39 is 5.60 Å². The van der Waals surface area contributed by atoms with Gasteiger partial charge in [0.2, 0.25) is 0 Å². The van der Waals surface area contributed by atoms with Gasteiger partial charge in [-0.3, -0.25) is 0 Å². The number of rotatable bonds is 2. The molecule has 0 amide bonds. The quantitative estimate of drug-likeness (QED) is 0.782. The van der Waals surface area contributed by atoms with Crippen LogP contribution in [0.3, 0.4) is 0 Å². The molecule has 0 radical (unpaired) electrons. The van der Waals surface area contributed by atoms with Crippen molar-refractivity contribution in [2.75, 3.05) is 0 Å². The highest BCUT2D eigenvalue weighted by molar-refractivity contribution is 6.30. The van der Waals surface area contributed by atoms with Gasteiger partial charge in [-0.2, -0.15) is 0 Å². The summed E-state index contributed by atoms with van der Waals surface area (Å²) in [6.45, 7) is 2.28.